The maximum atomic E-state index is 6.37. The Hall–Kier alpha value is -5.93. The Morgan fingerprint density at radius 3 is 2.00 bits per heavy atom. The lowest BCUT2D eigenvalue weighted by Gasteiger charge is -2.41. The molecule has 242 valence electrons. The van der Waals surface area contributed by atoms with E-state index in [0.717, 1.165) is 53.1 Å². The molecule has 0 fully saturated rings. The molecule has 0 saturated carbocycles. The van der Waals surface area contributed by atoms with Crippen LogP contribution in [0.5, 0.6) is 0 Å². The van der Waals surface area contributed by atoms with Gasteiger partial charge in [-0.05, 0) is 101 Å². The van der Waals surface area contributed by atoms with Crippen LogP contribution >= 0.6 is 0 Å². The van der Waals surface area contributed by atoms with Gasteiger partial charge in [0.05, 0.1) is 0 Å². The molecule has 3 heteroatoms. The van der Waals surface area contributed by atoms with E-state index in [0.29, 0.717) is 17.9 Å². The fraction of sp³-hybridized carbons (Fsp3) is 0.128. The molecule has 0 amide bonds. The quantitative estimate of drug-likeness (QED) is 0.161. The number of oxazole rings is 1. The van der Waals surface area contributed by atoms with Gasteiger partial charge in [0, 0.05) is 34.3 Å². The highest BCUT2D eigenvalue weighted by atomic mass is 16.3. The summed E-state index contributed by atoms with van der Waals surface area (Å²) in [4.78, 5) is 7.41. The smallest absolute Gasteiger partial charge is 0.227 e. The molecule has 0 N–H and O–H groups in total. The summed E-state index contributed by atoms with van der Waals surface area (Å²) in [5.41, 5.74) is 11.5. The van der Waals surface area contributed by atoms with E-state index in [4.69, 9.17) is 9.40 Å². The Bertz CT molecular complexity index is 2370. The minimum atomic E-state index is 0.307. The second-order valence-corrected chi connectivity index (χ2v) is 13.4. The number of benzene rings is 6. The van der Waals surface area contributed by atoms with E-state index in [-0.39, 0.29) is 0 Å². The van der Waals surface area contributed by atoms with Crippen molar-refractivity contribution in [2.24, 2.45) is 0 Å². The highest BCUT2D eigenvalue weighted by Crippen LogP contribution is 2.40. The van der Waals surface area contributed by atoms with Crippen molar-refractivity contribution in [3.63, 3.8) is 0 Å². The number of hydrogen-bond donors (Lipinski definition) is 0. The lowest BCUT2D eigenvalue weighted by Crippen LogP contribution is -2.40. The highest BCUT2D eigenvalue weighted by Gasteiger charge is 2.31. The molecule has 0 radical (unpaired) electrons. The van der Waals surface area contributed by atoms with E-state index in [1.54, 1.807) is 0 Å². The number of allylic oxidation sites excluding steroid dienone is 4. The molecule has 3 nitrogen and oxygen atoms in total. The third kappa shape index (κ3) is 5.75. The zero-order chi connectivity index (χ0) is 33.3. The molecule has 6 aromatic carbocycles. The van der Waals surface area contributed by atoms with Crippen LogP contribution in [-0.4, -0.2) is 11.0 Å². The second-order valence-electron chi connectivity index (χ2n) is 13.4. The van der Waals surface area contributed by atoms with Crippen LogP contribution in [0.25, 0.3) is 55.6 Å². The molecule has 2 aliphatic carbocycles. The molecule has 2 unspecified atom stereocenters. The van der Waals surface area contributed by atoms with Crippen molar-refractivity contribution >= 4 is 27.6 Å². The highest BCUT2D eigenvalue weighted by molar-refractivity contribution is 6.05. The van der Waals surface area contributed by atoms with E-state index >= 15 is 0 Å². The zero-order valence-electron chi connectivity index (χ0n) is 28.0. The third-order valence-corrected chi connectivity index (χ3v) is 10.3. The Labute approximate surface area is 293 Å². The van der Waals surface area contributed by atoms with Gasteiger partial charge in [-0.15, -0.1) is 0 Å². The first-order valence-electron chi connectivity index (χ1n) is 17.7. The van der Waals surface area contributed by atoms with E-state index in [9.17, 15) is 0 Å². The monoisotopic (exact) mass is 646 g/mol. The van der Waals surface area contributed by atoms with Gasteiger partial charge in [-0.3, -0.25) is 0 Å². The first-order chi connectivity index (χ1) is 24.8. The van der Waals surface area contributed by atoms with E-state index in [1.165, 1.54) is 39.2 Å². The average Bonchev–Trinajstić information content (AvgIpc) is 3.65. The minimum Gasteiger partial charge on any atom is -0.435 e. The van der Waals surface area contributed by atoms with Crippen molar-refractivity contribution < 1.29 is 4.42 Å². The summed E-state index contributed by atoms with van der Waals surface area (Å²) in [6, 6.07) is 50.3. The Morgan fingerprint density at radius 2 is 1.24 bits per heavy atom. The molecule has 50 heavy (non-hydrogen) atoms. The van der Waals surface area contributed by atoms with Crippen LogP contribution in [-0.2, 0) is 0 Å². The normalized spacial score (nSPS) is 17.2. The lowest BCUT2D eigenvalue weighted by molar-refractivity contribution is 0.502. The molecule has 1 aromatic heterocycles. The predicted octanol–water partition coefficient (Wildman–Crippen LogP) is 12.5. The second kappa shape index (κ2) is 13.2. The van der Waals surface area contributed by atoms with E-state index < -0.39 is 0 Å². The summed E-state index contributed by atoms with van der Waals surface area (Å²) in [5, 5.41) is 2.23. The predicted molar refractivity (Wildman–Crippen MR) is 208 cm³/mol. The summed E-state index contributed by atoms with van der Waals surface area (Å²) in [5.74, 6) is 1.01. The summed E-state index contributed by atoms with van der Waals surface area (Å²) in [7, 11) is 0. The molecule has 1 heterocycles. The average molecular weight is 647 g/mol. The van der Waals surface area contributed by atoms with Crippen LogP contribution in [0, 0.1) is 0 Å². The van der Waals surface area contributed by atoms with Gasteiger partial charge in [0.25, 0.3) is 0 Å². The molecule has 2 atom stereocenters. The van der Waals surface area contributed by atoms with Gasteiger partial charge < -0.3 is 9.32 Å². The van der Waals surface area contributed by atoms with Gasteiger partial charge in [0.15, 0.2) is 5.58 Å². The summed E-state index contributed by atoms with van der Waals surface area (Å²) in [6.45, 7) is 0. The lowest BCUT2D eigenvalue weighted by atomic mass is 9.81. The molecule has 0 bridgehead atoms. The Balaban J connectivity index is 1.04. The van der Waals surface area contributed by atoms with Crippen molar-refractivity contribution in [2.75, 3.05) is 4.90 Å². The fourth-order valence-electron chi connectivity index (χ4n) is 7.71. The maximum Gasteiger partial charge on any atom is 0.227 e. The largest absolute Gasteiger partial charge is 0.435 e. The molecule has 7 aromatic rings. The van der Waals surface area contributed by atoms with Gasteiger partial charge in [-0.25, -0.2) is 4.98 Å². The zero-order valence-corrected chi connectivity index (χ0v) is 28.0. The molecule has 2 aliphatic rings. The summed E-state index contributed by atoms with van der Waals surface area (Å²) in [6.07, 6.45) is 16.0. The molecule has 9 rings (SSSR count). The number of hydrogen-bond acceptors (Lipinski definition) is 3. The molecule has 0 saturated heterocycles. The van der Waals surface area contributed by atoms with Gasteiger partial charge in [0.2, 0.25) is 5.89 Å². The van der Waals surface area contributed by atoms with Crippen LogP contribution in [0.2, 0.25) is 0 Å². The SMILES string of the molecule is C1=CC(N(c2ccc(-c3ccccc3)cc2)C2CC=CCC2c2ccc(-c3ccc4ccc5nc(-c6ccccc6)oc5c4c3)cc2)=CCC1. The van der Waals surface area contributed by atoms with E-state index in [2.05, 4.69) is 144 Å². The van der Waals surface area contributed by atoms with Crippen LogP contribution in [0.4, 0.5) is 5.69 Å². The van der Waals surface area contributed by atoms with Crippen molar-refractivity contribution in [3.05, 3.63) is 181 Å². The number of rotatable bonds is 7. The molecular weight excluding hydrogens is 609 g/mol. The first-order valence-corrected chi connectivity index (χ1v) is 17.7. The molecular formula is C47H38N2O. The number of aromatic nitrogens is 1. The van der Waals surface area contributed by atoms with Crippen LogP contribution in [0.1, 0.15) is 37.2 Å². The third-order valence-electron chi connectivity index (χ3n) is 10.3. The molecule has 0 aliphatic heterocycles. The van der Waals surface area contributed by atoms with Gasteiger partial charge in [-0.2, -0.15) is 0 Å². The summed E-state index contributed by atoms with van der Waals surface area (Å²) < 4.78 is 6.37. The Morgan fingerprint density at radius 1 is 0.580 bits per heavy atom. The number of anilines is 1. The number of nitrogens with zero attached hydrogens (tertiary/aromatic N) is 2. The van der Waals surface area contributed by atoms with E-state index in [1.807, 2.05) is 30.3 Å². The topological polar surface area (TPSA) is 29.3 Å². The fourth-order valence-corrected chi connectivity index (χ4v) is 7.71. The standard InChI is InChI=1S/C47H38N2O/c1-4-12-33(13-5-1)34-26-29-41(30-27-34)49(40-16-8-3-9-17-40)45-19-11-10-18-42(45)36-22-20-35(21-23-36)39-25-24-37-28-31-44-46(43(37)32-39)50-47(48-44)38-14-6-2-7-15-38/h1-2,4-8,10-17,20-32,42,45H,3,9,18-19H2. The number of fused-ring (bicyclic) bond motifs is 3. The van der Waals surface area contributed by atoms with Crippen molar-refractivity contribution in [1.29, 1.82) is 0 Å². The minimum absolute atomic E-state index is 0.307. The van der Waals surface area contributed by atoms with Crippen LogP contribution in [0.15, 0.2) is 180 Å². The van der Waals surface area contributed by atoms with Gasteiger partial charge >= 0.3 is 0 Å². The molecule has 0 spiro atoms. The van der Waals surface area contributed by atoms with Crippen molar-refractivity contribution in [3.8, 4) is 33.7 Å². The van der Waals surface area contributed by atoms with Gasteiger partial charge in [-0.1, -0.05) is 127 Å². The maximum absolute atomic E-state index is 6.37. The summed E-state index contributed by atoms with van der Waals surface area (Å²) >= 11 is 0. The first kappa shape index (κ1) is 30.2. The Kier molecular flexibility index (Phi) is 7.94. The van der Waals surface area contributed by atoms with Crippen LogP contribution in [0.3, 0.4) is 0 Å². The van der Waals surface area contributed by atoms with Gasteiger partial charge in [0.1, 0.15) is 5.52 Å². The van der Waals surface area contributed by atoms with Crippen molar-refractivity contribution in [2.45, 2.75) is 37.6 Å². The van der Waals surface area contributed by atoms with Crippen LogP contribution < -0.4 is 4.90 Å². The van der Waals surface area contributed by atoms with Crippen molar-refractivity contribution in [1.82, 2.24) is 4.98 Å².